The van der Waals surface area contributed by atoms with Crippen LogP contribution >= 0.6 is 0 Å². The number of methoxy groups -OCH3 is 2. The molecule has 0 saturated heterocycles. The van der Waals surface area contributed by atoms with E-state index in [0.29, 0.717) is 11.3 Å². The first-order valence-corrected chi connectivity index (χ1v) is 7.12. The van der Waals surface area contributed by atoms with Gasteiger partial charge >= 0.3 is 0 Å². The number of carbonyl (C=O) groups is 1. The highest BCUT2D eigenvalue weighted by atomic mass is 16.5. The topological polar surface area (TPSA) is 105 Å². The molecule has 7 heteroatoms. The molecule has 126 valence electrons. The lowest BCUT2D eigenvalue weighted by molar-refractivity contribution is -0.00116. The molecule has 3 N–H and O–H groups in total. The third kappa shape index (κ3) is 2.48. The molecule has 2 aromatic carbocycles. The summed E-state index contributed by atoms with van der Waals surface area (Å²) in [6, 6.07) is 6.92. The number of Topliss-reactive ketones (excluding diaryl/α,β-unsaturated/α-hetero) is 1. The molecule has 7 nitrogen and oxygen atoms in total. The van der Waals surface area contributed by atoms with Gasteiger partial charge in [-0.05, 0) is 17.7 Å². The smallest absolute Gasteiger partial charge is 0.203 e. The first kappa shape index (κ1) is 15.9. The van der Waals surface area contributed by atoms with Gasteiger partial charge in [0.05, 0.1) is 7.11 Å². The normalized spacial score (nSPS) is 19.5. The number of hydrogen-bond donors (Lipinski definition) is 3. The molecular formula is C17H16O7. The molecule has 1 aliphatic rings. The zero-order chi connectivity index (χ0) is 17.4. The second kappa shape index (κ2) is 5.93. The number of aromatic hydroxyl groups is 3. The number of ether oxygens (including phenoxy) is 3. The molecule has 3 rings (SSSR count). The van der Waals surface area contributed by atoms with E-state index in [0.717, 1.165) is 0 Å². The van der Waals surface area contributed by atoms with Crippen molar-refractivity contribution in [2.24, 2.45) is 0 Å². The van der Waals surface area contributed by atoms with E-state index in [1.165, 1.54) is 44.6 Å². The van der Waals surface area contributed by atoms with Crippen LogP contribution in [0.25, 0.3) is 0 Å². The van der Waals surface area contributed by atoms with Crippen molar-refractivity contribution in [3.8, 4) is 28.7 Å². The zero-order valence-electron chi connectivity index (χ0n) is 13.0. The lowest BCUT2D eigenvalue weighted by atomic mass is 9.92. The Morgan fingerprint density at radius 3 is 2.38 bits per heavy atom. The minimum atomic E-state index is -1.01. The van der Waals surface area contributed by atoms with Gasteiger partial charge in [-0.3, -0.25) is 4.79 Å². The fourth-order valence-electron chi connectivity index (χ4n) is 2.70. The predicted molar refractivity (Wildman–Crippen MR) is 82.9 cm³/mol. The monoisotopic (exact) mass is 332 g/mol. The molecule has 0 radical (unpaired) electrons. The zero-order valence-corrected chi connectivity index (χ0v) is 13.0. The molecule has 1 heterocycles. The Kier molecular flexibility index (Phi) is 3.94. The Hall–Kier alpha value is -2.93. The van der Waals surface area contributed by atoms with Gasteiger partial charge in [0.15, 0.2) is 23.7 Å². The molecule has 0 aliphatic carbocycles. The van der Waals surface area contributed by atoms with Crippen LogP contribution in [0.4, 0.5) is 0 Å². The molecule has 24 heavy (non-hydrogen) atoms. The number of hydrogen-bond acceptors (Lipinski definition) is 7. The van der Waals surface area contributed by atoms with Crippen molar-refractivity contribution in [3.05, 3.63) is 41.5 Å². The van der Waals surface area contributed by atoms with Crippen LogP contribution in [0.1, 0.15) is 22.0 Å². The summed E-state index contributed by atoms with van der Waals surface area (Å²) >= 11 is 0. The van der Waals surface area contributed by atoms with Crippen molar-refractivity contribution >= 4 is 5.78 Å². The molecule has 0 amide bonds. The number of fused-ring (bicyclic) bond motifs is 1. The van der Waals surface area contributed by atoms with Crippen LogP contribution in [0, 0.1) is 0 Å². The van der Waals surface area contributed by atoms with Crippen molar-refractivity contribution in [2.45, 2.75) is 12.2 Å². The van der Waals surface area contributed by atoms with Crippen LogP contribution in [-0.4, -0.2) is 41.4 Å². The van der Waals surface area contributed by atoms with E-state index >= 15 is 0 Å². The van der Waals surface area contributed by atoms with Gasteiger partial charge in [-0.1, -0.05) is 6.07 Å². The van der Waals surface area contributed by atoms with Gasteiger partial charge in [0.25, 0.3) is 0 Å². The summed E-state index contributed by atoms with van der Waals surface area (Å²) in [4.78, 5) is 12.7. The van der Waals surface area contributed by atoms with E-state index in [2.05, 4.69) is 0 Å². The minimum absolute atomic E-state index is 0.0156. The van der Waals surface area contributed by atoms with E-state index in [-0.39, 0.29) is 28.6 Å². The van der Waals surface area contributed by atoms with Crippen LogP contribution in [0.5, 0.6) is 28.7 Å². The fourth-order valence-corrected chi connectivity index (χ4v) is 2.70. The SMILES string of the molecule is COc1cc(O)c2c(c1)OC(c1ccc(O)c(O)c1)C(OC)C2=O. The van der Waals surface area contributed by atoms with Crippen LogP contribution in [0.3, 0.4) is 0 Å². The highest BCUT2D eigenvalue weighted by Gasteiger charge is 2.40. The first-order chi connectivity index (χ1) is 11.5. The van der Waals surface area contributed by atoms with Gasteiger partial charge in [-0.2, -0.15) is 0 Å². The van der Waals surface area contributed by atoms with Crippen molar-refractivity contribution in [1.29, 1.82) is 0 Å². The highest BCUT2D eigenvalue weighted by molar-refractivity contribution is 6.05. The van der Waals surface area contributed by atoms with Gasteiger partial charge in [0, 0.05) is 19.2 Å². The van der Waals surface area contributed by atoms with Crippen LogP contribution in [-0.2, 0) is 4.74 Å². The molecule has 2 aromatic rings. The van der Waals surface area contributed by atoms with E-state index in [4.69, 9.17) is 14.2 Å². The molecule has 0 aromatic heterocycles. The summed E-state index contributed by atoms with van der Waals surface area (Å²) in [5, 5.41) is 29.2. The quantitative estimate of drug-likeness (QED) is 0.740. The largest absolute Gasteiger partial charge is 0.507 e. The van der Waals surface area contributed by atoms with Gasteiger partial charge in [-0.25, -0.2) is 0 Å². The van der Waals surface area contributed by atoms with E-state index in [9.17, 15) is 20.1 Å². The Bertz CT molecular complexity index is 800. The van der Waals surface area contributed by atoms with Crippen molar-refractivity contribution in [1.82, 2.24) is 0 Å². The number of carbonyl (C=O) groups excluding carboxylic acids is 1. The molecule has 2 unspecified atom stereocenters. The first-order valence-electron chi connectivity index (χ1n) is 7.12. The van der Waals surface area contributed by atoms with Crippen LogP contribution in [0.15, 0.2) is 30.3 Å². The van der Waals surface area contributed by atoms with Crippen molar-refractivity contribution in [2.75, 3.05) is 14.2 Å². The summed E-state index contributed by atoms with van der Waals surface area (Å²) in [6.45, 7) is 0. The number of phenolic OH excluding ortho intramolecular Hbond substituents is 3. The number of benzene rings is 2. The average molecular weight is 332 g/mol. The van der Waals surface area contributed by atoms with Gasteiger partial charge in [0.1, 0.15) is 22.8 Å². The van der Waals surface area contributed by atoms with Crippen LogP contribution in [0.2, 0.25) is 0 Å². The Labute approximate surface area is 137 Å². The van der Waals surface area contributed by atoms with E-state index in [1.54, 1.807) is 0 Å². The van der Waals surface area contributed by atoms with Gasteiger partial charge < -0.3 is 29.5 Å². The summed E-state index contributed by atoms with van der Waals surface area (Å²) in [5.41, 5.74) is 0.459. The summed E-state index contributed by atoms with van der Waals surface area (Å²) in [7, 11) is 2.78. The lowest BCUT2D eigenvalue weighted by Gasteiger charge is -2.32. The predicted octanol–water partition coefficient (Wildman–Crippen LogP) is 2.14. The van der Waals surface area contributed by atoms with Crippen LogP contribution < -0.4 is 9.47 Å². The standard InChI is InChI=1S/C17H16O7/c1-22-9-6-12(20)14-13(7-9)24-16(17(23-2)15(14)21)8-3-4-10(18)11(19)5-8/h3-7,16-20H,1-2H3. The highest BCUT2D eigenvalue weighted by Crippen LogP contribution is 2.43. The fraction of sp³-hybridized carbons (Fsp3) is 0.235. The molecular weight excluding hydrogens is 316 g/mol. The maximum Gasteiger partial charge on any atom is 0.203 e. The van der Waals surface area contributed by atoms with Crippen molar-refractivity contribution in [3.63, 3.8) is 0 Å². The molecule has 0 bridgehead atoms. The second-order valence-electron chi connectivity index (χ2n) is 5.33. The summed E-state index contributed by atoms with van der Waals surface area (Å²) < 4.78 is 16.1. The summed E-state index contributed by atoms with van der Waals surface area (Å²) in [6.07, 6.45) is -1.87. The van der Waals surface area contributed by atoms with Gasteiger partial charge in [-0.15, -0.1) is 0 Å². The molecule has 1 aliphatic heterocycles. The minimum Gasteiger partial charge on any atom is -0.507 e. The molecule has 0 fully saturated rings. The molecule has 0 spiro atoms. The number of ketones is 1. The maximum absolute atomic E-state index is 12.7. The summed E-state index contributed by atoms with van der Waals surface area (Å²) in [5.74, 6) is -0.836. The third-order valence-corrected chi connectivity index (χ3v) is 3.91. The third-order valence-electron chi connectivity index (χ3n) is 3.91. The second-order valence-corrected chi connectivity index (χ2v) is 5.33. The Balaban J connectivity index is 2.10. The molecule has 0 saturated carbocycles. The van der Waals surface area contributed by atoms with Gasteiger partial charge in [0.2, 0.25) is 5.78 Å². The lowest BCUT2D eigenvalue weighted by Crippen LogP contribution is -2.37. The number of phenols is 3. The van der Waals surface area contributed by atoms with Crippen molar-refractivity contribution < 1.29 is 34.3 Å². The van der Waals surface area contributed by atoms with E-state index < -0.39 is 18.0 Å². The number of rotatable bonds is 3. The average Bonchev–Trinajstić information content (AvgIpc) is 2.56. The Morgan fingerprint density at radius 2 is 1.75 bits per heavy atom. The molecule has 2 atom stereocenters. The maximum atomic E-state index is 12.7. The van der Waals surface area contributed by atoms with E-state index in [1.807, 2.05) is 0 Å². The Morgan fingerprint density at radius 1 is 1.00 bits per heavy atom.